The SMILES string of the molecule is CCCCCCCCCCCCCCCNC(=O)C1CCN(CCN)CC1.Cl.Cl. The highest BCUT2D eigenvalue weighted by atomic mass is 35.5. The number of nitrogens with two attached hydrogens (primary N) is 1. The van der Waals surface area contributed by atoms with Crippen LogP contribution < -0.4 is 11.1 Å². The molecule has 1 heterocycles. The van der Waals surface area contributed by atoms with Gasteiger partial charge in [0.1, 0.15) is 0 Å². The summed E-state index contributed by atoms with van der Waals surface area (Å²) in [4.78, 5) is 14.6. The van der Waals surface area contributed by atoms with Crippen LogP contribution in [0.25, 0.3) is 0 Å². The first kappa shape index (κ1) is 31.2. The normalized spacial score (nSPS) is 14.8. The molecule has 0 aliphatic carbocycles. The summed E-state index contributed by atoms with van der Waals surface area (Å²) >= 11 is 0. The van der Waals surface area contributed by atoms with Crippen LogP contribution in [0.5, 0.6) is 0 Å². The summed E-state index contributed by atoms with van der Waals surface area (Å²) in [6.45, 7) is 6.87. The van der Waals surface area contributed by atoms with Gasteiger partial charge in [-0.25, -0.2) is 0 Å². The first-order chi connectivity index (χ1) is 13.3. The highest BCUT2D eigenvalue weighted by Gasteiger charge is 2.23. The molecule has 1 saturated heterocycles. The van der Waals surface area contributed by atoms with Crippen molar-refractivity contribution in [3.8, 4) is 0 Å². The Morgan fingerprint density at radius 1 is 0.828 bits per heavy atom. The zero-order chi connectivity index (χ0) is 19.6. The molecule has 0 spiro atoms. The van der Waals surface area contributed by atoms with Crippen LogP contribution in [0, 0.1) is 5.92 Å². The fourth-order valence-electron chi connectivity index (χ4n) is 4.10. The number of carbonyl (C=O) groups is 1. The van der Waals surface area contributed by atoms with Crippen molar-refractivity contribution < 1.29 is 4.79 Å². The summed E-state index contributed by atoms with van der Waals surface area (Å²) in [5.41, 5.74) is 5.60. The minimum absolute atomic E-state index is 0. The fourth-order valence-corrected chi connectivity index (χ4v) is 4.10. The second kappa shape index (κ2) is 22.7. The molecule has 1 aliphatic heterocycles. The van der Waals surface area contributed by atoms with Gasteiger partial charge in [-0.3, -0.25) is 4.79 Å². The van der Waals surface area contributed by atoms with Gasteiger partial charge in [0.25, 0.3) is 0 Å². The monoisotopic (exact) mass is 453 g/mol. The van der Waals surface area contributed by atoms with Gasteiger partial charge in [-0.2, -0.15) is 0 Å². The molecule has 0 bridgehead atoms. The van der Waals surface area contributed by atoms with Crippen LogP contribution in [0.3, 0.4) is 0 Å². The lowest BCUT2D eigenvalue weighted by molar-refractivity contribution is -0.126. The first-order valence-corrected chi connectivity index (χ1v) is 12.0. The maximum atomic E-state index is 12.2. The molecule has 1 fully saturated rings. The molecule has 29 heavy (non-hydrogen) atoms. The fraction of sp³-hybridized carbons (Fsp3) is 0.957. The minimum Gasteiger partial charge on any atom is -0.356 e. The third kappa shape index (κ3) is 17.4. The number of rotatable bonds is 17. The average molecular weight is 455 g/mol. The van der Waals surface area contributed by atoms with Crippen molar-refractivity contribution >= 4 is 30.7 Å². The van der Waals surface area contributed by atoms with Crippen molar-refractivity contribution in [2.75, 3.05) is 32.7 Å². The summed E-state index contributed by atoms with van der Waals surface area (Å²) < 4.78 is 0. The topological polar surface area (TPSA) is 58.4 Å². The predicted octanol–water partition coefficient (Wildman–Crippen LogP) is 5.71. The molecule has 0 saturated carbocycles. The van der Waals surface area contributed by atoms with Crippen molar-refractivity contribution in [2.24, 2.45) is 11.7 Å². The smallest absolute Gasteiger partial charge is 0.223 e. The maximum Gasteiger partial charge on any atom is 0.223 e. The van der Waals surface area contributed by atoms with E-state index in [1.165, 1.54) is 77.0 Å². The number of nitrogens with zero attached hydrogens (tertiary/aromatic N) is 1. The van der Waals surface area contributed by atoms with E-state index in [4.69, 9.17) is 5.73 Å². The van der Waals surface area contributed by atoms with Crippen molar-refractivity contribution in [1.29, 1.82) is 0 Å². The Kier molecular flexibility index (Phi) is 24.3. The van der Waals surface area contributed by atoms with Crippen LogP contribution >= 0.6 is 24.8 Å². The van der Waals surface area contributed by atoms with Gasteiger partial charge < -0.3 is 16.0 Å². The summed E-state index contributed by atoms with van der Waals surface area (Å²) in [5, 5.41) is 3.16. The molecule has 0 radical (unpaired) electrons. The largest absolute Gasteiger partial charge is 0.356 e. The minimum atomic E-state index is 0. The second-order valence-corrected chi connectivity index (χ2v) is 8.44. The third-order valence-corrected chi connectivity index (χ3v) is 5.98. The number of hydrogen-bond donors (Lipinski definition) is 2. The number of carbonyl (C=O) groups excluding carboxylic acids is 1. The van der Waals surface area contributed by atoms with E-state index in [9.17, 15) is 4.79 Å². The van der Waals surface area contributed by atoms with Gasteiger partial charge in [-0.1, -0.05) is 84.0 Å². The number of amides is 1. The lowest BCUT2D eigenvalue weighted by Crippen LogP contribution is -2.42. The van der Waals surface area contributed by atoms with Gasteiger partial charge in [0.15, 0.2) is 0 Å². The lowest BCUT2D eigenvalue weighted by atomic mass is 9.96. The van der Waals surface area contributed by atoms with E-state index >= 15 is 0 Å². The molecule has 0 aromatic carbocycles. The number of nitrogens with one attached hydrogen (secondary N) is 1. The van der Waals surface area contributed by atoms with Crippen LogP contribution in [-0.4, -0.2) is 43.5 Å². The van der Waals surface area contributed by atoms with Gasteiger partial charge in [0.05, 0.1) is 0 Å². The lowest BCUT2D eigenvalue weighted by Gasteiger charge is -2.30. The highest BCUT2D eigenvalue weighted by molar-refractivity contribution is 5.85. The summed E-state index contributed by atoms with van der Waals surface area (Å²) in [6.07, 6.45) is 19.8. The Bertz CT molecular complexity index is 351. The van der Waals surface area contributed by atoms with Gasteiger partial charge >= 0.3 is 0 Å². The van der Waals surface area contributed by atoms with Crippen molar-refractivity contribution in [1.82, 2.24) is 10.2 Å². The molecule has 3 N–H and O–H groups in total. The number of halogens is 2. The molecule has 0 atom stereocenters. The summed E-state index contributed by atoms with van der Waals surface area (Å²) in [6, 6.07) is 0. The van der Waals surface area contributed by atoms with Crippen LogP contribution in [0.1, 0.15) is 103 Å². The Morgan fingerprint density at radius 2 is 1.28 bits per heavy atom. The molecule has 1 aliphatic rings. The van der Waals surface area contributed by atoms with Crippen molar-refractivity contribution in [3.63, 3.8) is 0 Å². The van der Waals surface area contributed by atoms with E-state index in [1.54, 1.807) is 0 Å². The second-order valence-electron chi connectivity index (χ2n) is 8.44. The Balaban J connectivity index is 0. The Morgan fingerprint density at radius 3 is 1.72 bits per heavy atom. The standard InChI is InChI=1S/C23H47N3O.2ClH/c1-2-3-4-5-6-7-8-9-10-11-12-13-14-18-25-23(27)22-15-19-26(20-16-22)21-17-24;;/h22H,2-21,24H2,1H3,(H,25,27);2*1H. The average Bonchev–Trinajstić information content (AvgIpc) is 2.69. The van der Waals surface area contributed by atoms with Crippen LogP contribution in [0.2, 0.25) is 0 Å². The Labute approximate surface area is 193 Å². The zero-order valence-corrected chi connectivity index (χ0v) is 20.6. The van der Waals surface area contributed by atoms with Crippen molar-refractivity contribution in [2.45, 2.75) is 103 Å². The quantitative estimate of drug-likeness (QED) is 0.277. The van der Waals surface area contributed by atoms with E-state index in [0.29, 0.717) is 0 Å². The third-order valence-electron chi connectivity index (χ3n) is 5.98. The first-order valence-electron chi connectivity index (χ1n) is 12.0. The van der Waals surface area contributed by atoms with E-state index < -0.39 is 0 Å². The Hall–Kier alpha value is -0.0300. The molecule has 0 unspecified atom stereocenters. The number of likely N-dealkylation sites (tertiary alicyclic amines) is 1. The number of hydrogen-bond acceptors (Lipinski definition) is 3. The summed E-state index contributed by atoms with van der Waals surface area (Å²) in [5.74, 6) is 0.502. The summed E-state index contributed by atoms with van der Waals surface area (Å²) in [7, 11) is 0. The molecule has 4 nitrogen and oxygen atoms in total. The van der Waals surface area contributed by atoms with E-state index in [2.05, 4.69) is 17.1 Å². The molecule has 1 amide bonds. The molecular formula is C23H49Cl2N3O. The predicted molar refractivity (Wildman–Crippen MR) is 131 cm³/mol. The molecule has 6 heteroatoms. The maximum absolute atomic E-state index is 12.2. The number of unbranched alkanes of at least 4 members (excludes halogenated alkanes) is 12. The van der Waals surface area contributed by atoms with E-state index in [1.807, 2.05) is 0 Å². The van der Waals surface area contributed by atoms with Crippen LogP contribution in [-0.2, 0) is 4.79 Å². The van der Waals surface area contributed by atoms with Gasteiger partial charge in [0.2, 0.25) is 5.91 Å². The number of piperidine rings is 1. The molecule has 0 aromatic rings. The van der Waals surface area contributed by atoms with Gasteiger partial charge in [-0.05, 0) is 32.4 Å². The van der Waals surface area contributed by atoms with Gasteiger partial charge in [-0.15, -0.1) is 24.8 Å². The van der Waals surface area contributed by atoms with Gasteiger partial charge in [0, 0.05) is 25.6 Å². The molecule has 176 valence electrons. The molecule has 1 rings (SSSR count). The van der Waals surface area contributed by atoms with Crippen LogP contribution in [0.4, 0.5) is 0 Å². The van der Waals surface area contributed by atoms with E-state index in [-0.39, 0.29) is 36.6 Å². The van der Waals surface area contributed by atoms with Crippen LogP contribution in [0.15, 0.2) is 0 Å². The zero-order valence-electron chi connectivity index (χ0n) is 19.0. The van der Waals surface area contributed by atoms with Crippen molar-refractivity contribution in [3.05, 3.63) is 0 Å². The van der Waals surface area contributed by atoms with E-state index in [0.717, 1.165) is 52.0 Å². The molecular weight excluding hydrogens is 405 g/mol. The molecule has 0 aromatic heterocycles. The highest BCUT2D eigenvalue weighted by Crippen LogP contribution is 2.17.